The summed E-state index contributed by atoms with van der Waals surface area (Å²) in [6, 6.07) is 0. The third kappa shape index (κ3) is 65.1. The summed E-state index contributed by atoms with van der Waals surface area (Å²) >= 11 is 0. The lowest BCUT2D eigenvalue weighted by Gasteiger charge is -2.28. The van der Waals surface area contributed by atoms with Crippen LogP contribution in [-0.2, 0) is 32.7 Å². The molecule has 0 aromatic heterocycles. The Kier molecular flexibility index (Phi) is 60.0. The molecule has 0 heterocycles. The van der Waals surface area contributed by atoms with Gasteiger partial charge in [0.15, 0.2) is 6.10 Å². The zero-order valence-corrected chi connectivity index (χ0v) is 54.4. The van der Waals surface area contributed by atoms with Crippen molar-refractivity contribution in [3.05, 3.63) is 48.6 Å². The fourth-order valence-corrected chi connectivity index (χ4v) is 10.7. The third-order valence-electron chi connectivity index (χ3n) is 15.3. The number of carbonyl (C=O) groups excluding carboxylic acids is 2. The van der Waals surface area contributed by atoms with Crippen LogP contribution in [0.2, 0.25) is 0 Å². The summed E-state index contributed by atoms with van der Waals surface area (Å²) in [6.07, 6.45) is 79.0. The van der Waals surface area contributed by atoms with Gasteiger partial charge in [-0.1, -0.05) is 294 Å². The number of phosphoric acid groups is 1. The van der Waals surface area contributed by atoms with E-state index in [1.54, 1.807) is 0 Å². The second kappa shape index (κ2) is 61.5. The van der Waals surface area contributed by atoms with E-state index in [0.717, 1.165) is 44.9 Å². The number of unbranched alkanes of at least 4 members (excludes halogenated alkanes) is 42. The molecule has 0 saturated carbocycles. The summed E-state index contributed by atoms with van der Waals surface area (Å²) in [4.78, 5) is 38.0. The second-order valence-electron chi connectivity index (χ2n) is 24.5. The summed E-state index contributed by atoms with van der Waals surface area (Å²) in [7, 11) is 1.18. The van der Waals surface area contributed by atoms with Crippen LogP contribution >= 0.6 is 7.82 Å². The van der Waals surface area contributed by atoms with Crippen LogP contribution in [0.15, 0.2) is 48.6 Å². The lowest BCUT2D eigenvalue weighted by Crippen LogP contribution is -2.37. The Hall–Kier alpha value is -2.03. The number of quaternary nitrogens is 1. The Morgan fingerprint density at radius 1 is 0.388 bits per heavy atom. The molecular formula is C70H132NO8P. The van der Waals surface area contributed by atoms with Gasteiger partial charge in [0.2, 0.25) is 0 Å². The van der Waals surface area contributed by atoms with Crippen LogP contribution in [0.5, 0.6) is 0 Å². The minimum atomic E-state index is -4.64. The summed E-state index contributed by atoms with van der Waals surface area (Å²) in [6.45, 7) is 4.27. The molecule has 0 aliphatic carbocycles. The Morgan fingerprint density at radius 2 is 0.675 bits per heavy atom. The highest BCUT2D eigenvalue weighted by atomic mass is 31.2. The van der Waals surface area contributed by atoms with Crippen molar-refractivity contribution in [2.75, 3.05) is 47.5 Å². The molecule has 2 unspecified atom stereocenters. The lowest BCUT2D eigenvalue weighted by molar-refractivity contribution is -0.870. The number of hydrogen-bond donors (Lipinski definition) is 0. The number of carbonyl (C=O) groups is 2. The van der Waals surface area contributed by atoms with Gasteiger partial charge >= 0.3 is 11.9 Å². The van der Waals surface area contributed by atoms with Crippen LogP contribution in [0.3, 0.4) is 0 Å². The molecule has 0 N–H and O–H groups in total. The summed E-state index contributed by atoms with van der Waals surface area (Å²) in [5.74, 6) is -0.817. The maximum atomic E-state index is 12.9. The standard InChI is InChI=1S/C70H132NO8P/c1-6-8-10-12-14-16-18-20-22-24-26-28-30-32-34-35-37-39-41-43-45-47-49-51-53-55-57-59-61-63-70(73)79-68(67-78-80(74,75)77-65-64-71(3,4)5)66-76-69(72)62-60-58-56-54-52-50-48-46-44-42-40-38-36-33-31-29-27-25-23-21-19-17-15-13-11-9-7-2/h18-21,24-27,68H,6-17,22-23,28-67H2,1-5H3/b20-18-,21-19-,26-24-,27-25-. The predicted octanol–water partition coefficient (Wildman–Crippen LogP) is 21.4. The van der Waals surface area contributed by atoms with Gasteiger partial charge in [0.25, 0.3) is 7.82 Å². The molecule has 0 saturated heterocycles. The van der Waals surface area contributed by atoms with E-state index >= 15 is 0 Å². The molecule has 0 spiro atoms. The number of hydrogen-bond acceptors (Lipinski definition) is 8. The summed E-state index contributed by atoms with van der Waals surface area (Å²) in [5, 5.41) is 0. The summed E-state index contributed by atoms with van der Waals surface area (Å²) in [5.41, 5.74) is 0. The zero-order chi connectivity index (χ0) is 58.4. The van der Waals surface area contributed by atoms with Gasteiger partial charge in [-0.2, -0.15) is 0 Å². The predicted molar refractivity (Wildman–Crippen MR) is 342 cm³/mol. The first-order chi connectivity index (χ1) is 39.0. The first-order valence-corrected chi connectivity index (χ1v) is 35.8. The number of phosphoric ester groups is 1. The molecule has 10 heteroatoms. The Bertz CT molecular complexity index is 1490. The van der Waals surface area contributed by atoms with E-state index in [2.05, 4.69) is 62.5 Å². The topological polar surface area (TPSA) is 111 Å². The van der Waals surface area contributed by atoms with Crippen molar-refractivity contribution in [3.8, 4) is 0 Å². The molecule has 2 atom stereocenters. The molecule has 0 amide bonds. The highest BCUT2D eigenvalue weighted by molar-refractivity contribution is 7.45. The van der Waals surface area contributed by atoms with Crippen molar-refractivity contribution < 1.29 is 42.1 Å². The van der Waals surface area contributed by atoms with E-state index in [4.69, 9.17) is 18.5 Å². The van der Waals surface area contributed by atoms with Crippen LogP contribution < -0.4 is 4.89 Å². The number of ether oxygens (including phenoxy) is 2. The van der Waals surface area contributed by atoms with E-state index in [1.807, 2.05) is 21.1 Å². The van der Waals surface area contributed by atoms with Gasteiger partial charge in [0.1, 0.15) is 19.8 Å². The smallest absolute Gasteiger partial charge is 0.306 e. The molecule has 0 radical (unpaired) electrons. The molecule has 0 aliphatic rings. The van der Waals surface area contributed by atoms with Crippen molar-refractivity contribution in [3.63, 3.8) is 0 Å². The normalized spacial score (nSPS) is 13.4. The minimum Gasteiger partial charge on any atom is -0.756 e. The van der Waals surface area contributed by atoms with Gasteiger partial charge < -0.3 is 27.9 Å². The molecule has 0 aromatic carbocycles. The van der Waals surface area contributed by atoms with Crippen LogP contribution in [0.4, 0.5) is 0 Å². The molecule has 0 aromatic rings. The van der Waals surface area contributed by atoms with E-state index < -0.39 is 26.5 Å². The minimum absolute atomic E-state index is 0.0294. The Morgan fingerprint density at radius 3 is 0.988 bits per heavy atom. The first-order valence-electron chi connectivity index (χ1n) is 34.3. The number of allylic oxidation sites excluding steroid dienone is 8. The number of likely N-dealkylation sites (N-methyl/N-ethyl adjacent to an activating group) is 1. The first kappa shape index (κ1) is 78.0. The number of esters is 2. The van der Waals surface area contributed by atoms with E-state index in [-0.39, 0.29) is 32.0 Å². The molecule has 470 valence electrons. The third-order valence-corrected chi connectivity index (χ3v) is 16.3. The zero-order valence-electron chi connectivity index (χ0n) is 53.5. The largest absolute Gasteiger partial charge is 0.756 e. The van der Waals surface area contributed by atoms with Gasteiger partial charge in [-0.3, -0.25) is 14.2 Å². The molecule has 0 rings (SSSR count). The number of rotatable bonds is 64. The average Bonchev–Trinajstić information content (AvgIpc) is 3.42. The van der Waals surface area contributed by atoms with Crippen molar-refractivity contribution in [2.24, 2.45) is 0 Å². The van der Waals surface area contributed by atoms with Crippen LogP contribution in [0, 0.1) is 0 Å². The van der Waals surface area contributed by atoms with Crippen molar-refractivity contribution in [1.29, 1.82) is 0 Å². The van der Waals surface area contributed by atoms with Gasteiger partial charge in [-0.15, -0.1) is 0 Å². The molecule has 0 bridgehead atoms. The second-order valence-corrected chi connectivity index (χ2v) is 25.9. The summed E-state index contributed by atoms with van der Waals surface area (Å²) < 4.78 is 34.3. The molecule has 80 heavy (non-hydrogen) atoms. The monoisotopic (exact) mass is 1150 g/mol. The fourth-order valence-electron chi connectivity index (χ4n) is 10.0. The van der Waals surface area contributed by atoms with E-state index in [0.29, 0.717) is 17.4 Å². The maximum absolute atomic E-state index is 12.9. The van der Waals surface area contributed by atoms with Crippen LogP contribution in [0.25, 0.3) is 0 Å². The van der Waals surface area contributed by atoms with Crippen LogP contribution in [-0.4, -0.2) is 70.0 Å². The van der Waals surface area contributed by atoms with Crippen LogP contribution in [0.1, 0.15) is 335 Å². The average molecular weight is 1150 g/mol. The highest BCUT2D eigenvalue weighted by Crippen LogP contribution is 2.38. The van der Waals surface area contributed by atoms with Crippen molar-refractivity contribution in [2.45, 2.75) is 341 Å². The molecule has 9 nitrogen and oxygen atoms in total. The quantitative estimate of drug-likeness (QED) is 0.0195. The van der Waals surface area contributed by atoms with Gasteiger partial charge in [-0.25, -0.2) is 0 Å². The van der Waals surface area contributed by atoms with Gasteiger partial charge in [0, 0.05) is 12.8 Å². The van der Waals surface area contributed by atoms with Gasteiger partial charge in [-0.05, 0) is 77.0 Å². The fraction of sp³-hybridized carbons (Fsp3) is 0.857. The molecule has 0 fully saturated rings. The number of nitrogens with zero attached hydrogens (tertiary/aromatic N) is 1. The molecule has 0 aliphatic heterocycles. The van der Waals surface area contributed by atoms with Crippen molar-refractivity contribution in [1.82, 2.24) is 0 Å². The lowest BCUT2D eigenvalue weighted by atomic mass is 10.0. The Balaban J connectivity index is 4.03. The van der Waals surface area contributed by atoms with E-state index in [9.17, 15) is 19.0 Å². The SMILES string of the molecule is CCCCCCC/C=C\C/C=C\CCCCCCCCCCCCCCCCCCCC(=O)OC(COC(=O)CCCCCCCCCCCCCCCCC/C=C\C/C=C\CCCCCCC)COP(=O)([O-])OCC[N+](C)(C)C. The maximum Gasteiger partial charge on any atom is 0.306 e. The van der Waals surface area contributed by atoms with E-state index in [1.165, 1.54) is 257 Å². The highest BCUT2D eigenvalue weighted by Gasteiger charge is 2.22. The van der Waals surface area contributed by atoms with Crippen molar-refractivity contribution >= 4 is 19.8 Å². The molecular weight excluding hydrogens is 1010 g/mol. The Labute approximate surface area is 496 Å². The van der Waals surface area contributed by atoms with Gasteiger partial charge in [0.05, 0.1) is 27.7 Å².